The minimum Gasteiger partial charge on any atom is -0.341 e. The van der Waals surface area contributed by atoms with Crippen molar-refractivity contribution in [2.45, 2.75) is 36.1 Å². The fourth-order valence-electron chi connectivity index (χ4n) is 3.76. The molecule has 0 radical (unpaired) electrons. The molecule has 0 saturated carbocycles. The molecule has 1 fully saturated rings. The summed E-state index contributed by atoms with van der Waals surface area (Å²) in [6, 6.07) is 14.8. The van der Waals surface area contributed by atoms with Gasteiger partial charge in [-0.2, -0.15) is 0 Å². The van der Waals surface area contributed by atoms with Crippen molar-refractivity contribution in [3.8, 4) is 0 Å². The van der Waals surface area contributed by atoms with E-state index in [0.29, 0.717) is 24.0 Å². The molecule has 0 unspecified atom stereocenters. The number of benzene rings is 2. The van der Waals surface area contributed by atoms with E-state index in [4.69, 9.17) is 0 Å². The summed E-state index contributed by atoms with van der Waals surface area (Å²) < 4.78 is 27.6. The zero-order chi connectivity index (χ0) is 20.6. The summed E-state index contributed by atoms with van der Waals surface area (Å²) in [5, 5.41) is 0.619. The first-order chi connectivity index (χ1) is 13.9. The largest absolute Gasteiger partial charge is 0.341 e. The number of carbonyl (C=O) groups is 1. The summed E-state index contributed by atoms with van der Waals surface area (Å²) in [6.07, 6.45) is 1.89. The van der Waals surface area contributed by atoms with Gasteiger partial charge < -0.3 is 4.90 Å². The lowest BCUT2D eigenvalue weighted by Gasteiger charge is -2.18. The maximum Gasteiger partial charge on any atom is 0.270 e. The van der Waals surface area contributed by atoms with Crippen molar-refractivity contribution < 1.29 is 13.2 Å². The second kappa shape index (κ2) is 7.48. The number of aryl methyl sites for hydroxylation is 1. The molecule has 1 aliphatic heterocycles. The predicted molar refractivity (Wildman–Crippen MR) is 111 cm³/mol. The number of nitrogens with zero attached hydrogens (tertiary/aromatic N) is 2. The number of carbonyl (C=O) groups excluding carboxylic acids is 1. The van der Waals surface area contributed by atoms with Crippen LogP contribution < -0.4 is 5.56 Å². The molecule has 1 aliphatic rings. The van der Waals surface area contributed by atoms with Gasteiger partial charge in [-0.25, -0.2) is 8.42 Å². The van der Waals surface area contributed by atoms with Gasteiger partial charge in [0.1, 0.15) is 11.4 Å². The number of aromatic nitrogens is 1. The molecule has 1 amide bonds. The molecule has 2 aromatic carbocycles. The van der Waals surface area contributed by atoms with Crippen molar-refractivity contribution in [2.75, 3.05) is 13.1 Å². The molecule has 7 heteroatoms. The molecule has 4 rings (SSSR count). The number of likely N-dealkylation sites (tertiary alicyclic amines) is 1. The van der Waals surface area contributed by atoms with Gasteiger partial charge >= 0.3 is 0 Å². The number of hydrogen-bond acceptors (Lipinski definition) is 4. The van der Waals surface area contributed by atoms with Crippen LogP contribution in [-0.2, 0) is 21.2 Å². The predicted octanol–water partition coefficient (Wildman–Crippen LogP) is 2.77. The minimum absolute atomic E-state index is 0.0570. The molecule has 3 aromatic rings. The van der Waals surface area contributed by atoms with Crippen LogP contribution in [0.2, 0.25) is 0 Å². The molecule has 1 saturated heterocycles. The van der Waals surface area contributed by atoms with Crippen LogP contribution in [0.3, 0.4) is 0 Å². The number of fused-ring (bicyclic) bond motifs is 1. The van der Waals surface area contributed by atoms with E-state index < -0.39 is 15.4 Å². The first-order valence-electron chi connectivity index (χ1n) is 9.60. The van der Waals surface area contributed by atoms with E-state index in [-0.39, 0.29) is 22.2 Å². The summed E-state index contributed by atoms with van der Waals surface area (Å²) in [5.41, 5.74) is 0.828. The zero-order valence-corrected chi connectivity index (χ0v) is 17.0. The van der Waals surface area contributed by atoms with Crippen LogP contribution in [0.4, 0.5) is 0 Å². The highest BCUT2D eigenvalue weighted by Gasteiger charge is 2.26. The fourth-order valence-corrected chi connectivity index (χ4v) is 5.15. The quantitative estimate of drug-likeness (QED) is 0.663. The highest BCUT2D eigenvalue weighted by atomic mass is 32.2. The molecule has 0 bridgehead atoms. The second-order valence-electron chi connectivity index (χ2n) is 7.37. The van der Waals surface area contributed by atoms with Crippen LogP contribution in [0.1, 0.15) is 18.4 Å². The Morgan fingerprint density at radius 3 is 2.38 bits per heavy atom. The zero-order valence-electron chi connectivity index (χ0n) is 16.2. The fraction of sp³-hybridized carbons (Fsp3) is 0.273. The van der Waals surface area contributed by atoms with Crippen LogP contribution in [0.25, 0.3) is 10.9 Å². The van der Waals surface area contributed by atoms with E-state index in [2.05, 4.69) is 0 Å². The standard InChI is InChI=1S/C22H22N2O4S/c1-16-9-10-19-17(13-16)14-20(29(27,28)18-7-3-2-4-8-18)22(26)24(19)15-21(25)23-11-5-6-12-23/h2-4,7-10,13-14H,5-6,11-12,15H2,1H3. The van der Waals surface area contributed by atoms with Crippen molar-refractivity contribution in [1.29, 1.82) is 0 Å². The monoisotopic (exact) mass is 410 g/mol. The smallest absolute Gasteiger partial charge is 0.270 e. The Kier molecular flexibility index (Phi) is 5.00. The molecule has 29 heavy (non-hydrogen) atoms. The molecule has 6 nitrogen and oxygen atoms in total. The van der Waals surface area contributed by atoms with Gasteiger partial charge in [-0.1, -0.05) is 29.8 Å². The average Bonchev–Trinajstić information content (AvgIpc) is 3.25. The topological polar surface area (TPSA) is 76.5 Å². The third-order valence-corrected chi connectivity index (χ3v) is 7.08. The summed E-state index contributed by atoms with van der Waals surface area (Å²) in [4.78, 5) is 27.5. The average molecular weight is 410 g/mol. The summed E-state index contributed by atoms with van der Waals surface area (Å²) in [7, 11) is -4.01. The van der Waals surface area contributed by atoms with Gasteiger partial charge in [0.2, 0.25) is 15.7 Å². The van der Waals surface area contributed by atoms with Crippen molar-refractivity contribution in [2.24, 2.45) is 0 Å². The third kappa shape index (κ3) is 3.58. The highest BCUT2D eigenvalue weighted by Crippen LogP contribution is 2.23. The Balaban J connectivity index is 1.91. The van der Waals surface area contributed by atoms with E-state index >= 15 is 0 Å². The van der Waals surface area contributed by atoms with Crippen molar-refractivity contribution >= 4 is 26.6 Å². The molecule has 0 aliphatic carbocycles. The molecular formula is C22H22N2O4S. The number of sulfone groups is 1. The second-order valence-corrected chi connectivity index (χ2v) is 9.28. The van der Waals surface area contributed by atoms with Crippen molar-refractivity contribution in [3.05, 3.63) is 70.5 Å². The van der Waals surface area contributed by atoms with E-state index in [1.54, 1.807) is 29.2 Å². The van der Waals surface area contributed by atoms with Gasteiger partial charge in [0, 0.05) is 18.5 Å². The van der Waals surface area contributed by atoms with Crippen LogP contribution in [0.15, 0.2) is 69.2 Å². The first kappa shape index (κ1) is 19.4. The lowest BCUT2D eigenvalue weighted by molar-refractivity contribution is -0.130. The number of hydrogen-bond donors (Lipinski definition) is 0. The number of amides is 1. The Morgan fingerprint density at radius 1 is 1.00 bits per heavy atom. The van der Waals surface area contributed by atoms with E-state index in [1.165, 1.54) is 22.8 Å². The van der Waals surface area contributed by atoms with E-state index in [9.17, 15) is 18.0 Å². The lowest BCUT2D eigenvalue weighted by Crippen LogP contribution is -2.36. The van der Waals surface area contributed by atoms with Crippen molar-refractivity contribution in [1.82, 2.24) is 9.47 Å². The maximum atomic E-state index is 13.3. The number of pyridine rings is 1. The Labute approximate surface area is 169 Å². The maximum absolute atomic E-state index is 13.3. The van der Waals surface area contributed by atoms with Crippen molar-refractivity contribution in [3.63, 3.8) is 0 Å². The van der Waals surface area contributed by atoms with Gasteiger partial charge in [-0.05, 0) is 50.1 Å². The normalized spacial score (nSPS) is 14.4. The molecule has 1 aromatic heterocycles. The van der Waals surface area contributed by atoms with Crippen LogP contribution >= 0.6 is 0 Å². The van der Waals surface area contributed by atoms with Gasteiger partial charge in [0.25, 0.3) is 5.56 Å². The Hall–Kier alpha value is -2.93. The first-order valence-corrected chi connectivity index (χ1v) is 11.1. The molecular weight excluding hydrogens is 388 g/mol. The number of rotatable bonds is 4. The van der Waals surface area contributed by atoms with Crippen LogP contribution in [-0.4, -0.2) is 36.9 Å². The van der Waals surface area contributed by atoms with Gasteiger partial charge in [0.05, 0.1) is 10.4 Å². The van der Waals surface area contributed by atoms with Gasteiger partial charge in [-0.3, -0.25) is 14.2 Å². The van der Waals surface area contributed by atoms with E-state index in [0.717, 1.165) is 18.4 Å². The summed E-state index contributed by atoms with van der Waals surface area (Å²) in [5.74, 6) is -0.166. The molecule has 0 spiro atoms. The Morgan fingerprint density at radius 2 is 1.69 bits per heavy atom. The van der Waals surface area contributed by atoms with Gasteiger partial charge in [-0.15, -0.1) is 0 Å². The SMILES string of the molecule is Cc1ccc2c(c1)cc(S(=O)(=O)c1ccccc1)c(=O)n2CC(=O)N1CCCC1. The molecule has 150 valence electrons. The van der Waals surface area contributed by atoms with E-state index in [1.807, 2.05) is 19.1 Å². The minimum atomic E-state index is -4.01. The molecule has 0 atom stereocenters. The molecule has 2 heterocycles. The summed E-state index contributed by atoms with van der Waals surface area (Å²) >= 11 is 0. The summed E-state index contributed by atoms with van der Waals surface area (Å²) in [6.45, 7) is 3.07. The third-order valence-electron chi connectivity index (χ3n) is 5.31. The lowest BCUT2D eigenvalue weighted by atomic mass is 10.1. The Bertz CT molecular complexity index is 1240. The van der Waals surface area contributed by atoms with Crippen LogP contribution in [0, 0.1) is 6.92 Å². The van der Waals surface area contributed by atoms with Gasteiger partial charge in [0.15, 0.2) is 0 Å². The molecule has 0 N–H and O–H groups in total. The van der Waals surface area contributed by atoms with Crippen LogP contribution in [0.5, 0.6) is 0 Å². The highest BCUT2D eigenvalue weighted by molar-refractivity contribution is 7.91.